The number of aromatic nitrogens is 1. The molecule has 0 atom stereocenters. The first-order chi connectivity index (χ1) is 8.54. The summed E-state index contributed by atoms with van der Waals surface area (Å²) in [4.78, 5) is 16.4. The molecule has 0 saturated carbocycles. The van der Waals surface area contributed by atoms with Crippen LogP contribution in [0.4, 0.5) is 10.9 Å². The number of nitrogen functional groups attached to an aromatic ring is 1. The number of hydrogen-bond acceptors (Lipinski definition) is 6. The molecule has 0 unspecified atom stereocenters. The summed E-state index contributed by atoms with van der Waals surface area (Å²) in [5.41, 5.74) is 5.72. The molecule has 4 N–H and O–H groups in total. The van der Waals surface area contributed by atoms with Crippen LogP contribution in [0, 0.1) is 0 Å². The van der Waals surface area contributed by atoms with E-state index < -0.39 is 0 Å². The molecule has 1 heterocycles. The molecule has 1 aromatic rings. The Labute approximate surface area is 111 Å². The van der Waals surface area contributed by atoms with Crippen LogP contribution < -0.4 is 16.4 Å². The molecule has 0 saturated heterocycles. The molecule has 0 aliphatic heterocycles. The van der Waals surface area contributed by atoms with Crippen LogP contribution in [0.25, 0.3) is 0 Å². The molecule has 0 aromatic carbocycles. The Hall–Kier alpha value is -1.34. The minimum Gasteiger partial charge on any atom is -0.382 e. The Bertz CT molecular complexity index is 392. The molecular formula is C11H20N4O2S. The summed E-state index contributed by atoms with van der Waals surface area (Å²) in [6, 6.07) is 0.254. The number of carbonyl (C=O) groups excluding carboxylic acids is 1. The van der Waals surface area contributed by atoms with Crippen LogP contribution in [0.2, 0.25) is 0 Å². The molecule has 1 amide bonds. The van der Waals surface area contributed by atoms with E-state index in [-0.39, 0.29) is 17.8 Å². The number of thiazole rings is 1. The van der Waals surface area contributed by atoms with Gasteiger partial charge in [0.25, 0.3) is 5.91 Å². The van der Waals surface area contributed by atoms with Gasteiger partial charge >= 0.3 is 0 Å². The van der Waals surface area contributed by atoms with Crippen LogP contribution in [0.15, 0.2) is 0 Å². The van der Waals surface area contributed by atoms with Crippen molar-refractivity contribution < 1.29 is 9.53 Å². The fraction of sp³-hybridized carbons (Fsp3) is 0.636. The minimum atomic E-state index is -0.207. The Morgan fingerprint density at radius 1 is 1.56 bits per heavy atom. The number of hydrogen-bond donors (Lipinski definition) is 3. The van der Waals surface area contributed by atoms with E-state index in [1.54, 1.807) is 0 Å². The summed E-state index contributed by atoms with van der Waals surface area (Å²) in [6.07, 6.45) is 0. The van der Waals surface area contributed by atoms with Gasteiger partial charge < -0.3 is 21.1 Å². The fourth-order valence-corrected chi connectivity index (χ4v) is 2.21. The normalized spacial score (nSPS) is 10.7. The third-order valence-electron chi connectivity index (χ3n) is 2.01. The number of carbonyl (C=O) groups is 1. The van der Waals surface area contributed by atoms with E-state index in [1.807, 2.05) is 20.8 Å². The molecule has 0 radical (unpaired) electrons. The molecule has 6 nitrogen and oxygen atoms in total. The lowest BCUT2D eigenvalue weighted by Gasteiger charge is -2.04. The molecular weight excluding hydrogens is 252 g/mol. The van der Waals surface area contributed by atoms with E-state index in [0.717, 1.165) is 0 Å². The highest BCUT2D eigenvalue weighted by Crippen LogP contribution is 2.25. The van der Waals surface area contributed by atoms with E-state index in [1.165, 1.54) is 11.3 Å². The monoisotopic (exact) mass is 272 g/mol. The molecule has 0 spiro atoms. The highest BCUT2D eigenvalue weighted by molar-refractivity contribution is 7.18. The lowest BCUT2D eigenvalue weighted by atomic mass is 10.4. The number of nitrogens with zero attached hydrogens (tertiary/aromatic N) is 1. The molecule has 102 valence electrons. The summed E-state index contributed by atoms with van der Waals surface area (Å²) in [5, 5.41) is 6.52. The number of nitrogens with two attached hydrogens (primary N) is 1. The molecule has 1 aromatic heterocycles. The summed E-state index contributed by atoms with van der Waals surface area (Å²) >= 11 is 1.26. The van der Waals surface area contributed by atoms with Gasteiger partial charge in [-0.2, -0.15) is 0 Å². The van der Waals surface area contributed by atoms with Crippen molar-refractivity contribution in [3.05, 3.63) is 4.88 Å². The van der Waals surface area contributed by atoms with Crippen molar-refractivity contribution in [2.45, 2.75) is 26.8 Å². The first-order valence-electron chi connectivity index (χ1n) is 5.93. The van der Waals surface area contributed by atoms with Gasteiger partial charge in [-0.3, -0.25) is 4.79 Å². The van der Waals surface area contributed by atoms with Crippen molar-refractivity contribution in [2.24, 2.45) is 0 Å². The summed E-state index contributed by atoms with van der Waals surface area (Å²) in [6.45, 7) is 7.52. The maximum absolute atomic E-state index is 11.8. The predicted octanol–water partition coefficient (Wildman–Crippen LogP) is 1.31. The Balaban J connectivity index is 2.54. The molecule has 7 heteroatoms. The maximum Gasteiger partial charge on any atom is 0.265 e. The predicted molar refractivity (Wildman–Crippen MR) is 74.1 cm³/mol. The second kappa shape index (κ2) is 7.17. The van der Waals surface area contributed by atoms with Gasteiger partial charge in [0.15, 0.2) is 5.13 Å². The van der Waals surface area contributed by atoms with Gasteiger partial charge in [-0.05, 0) is 20.8 Å². The van der Waals surface area contributed by atoms with Gasteiger partial charge in [-0.15, -0.1) is 0 Å². The standard InChI is InChI=1S/C11H20N4O2S/c1-4-17-6-5-13-10(16)8-9(12)15-11(18-8)14-7(2)3/h7H,4-6,12H2,1-3H3,(H,13,16)(H,14,15). The maximum atomic E-state index is 11.8. The van der Waals surface area contributed by atoms with Crippen molar-refractivity contribution in [3.63, 3.8) is 0 Å². The average Bonchev–Trinajstić information content (AvgIpc) is 2.64. The molecule has 0 bridgehead atoms. The van der Waals surface area contributed by atoms with E-state index in [9.17, 15) is 4.79 Å². The number of amides is 1. The second-order valence-corrected chi connectivity index (χ2v) is 4.98. The quantitative estimate of drug-likeness (QED) is 0.651. The number of ether oxygens (including phenoxy) is 1. The third-order valence-corrected chi connectivity index (χ3v) is 3.01. The van der Waals surface area contributed by atoms with Gasteiger partial charge in [0.2, 0.25) is 0 Å². The van der Waals surface area contributed by atoms with Crippen LogP contribution >= 0.6 is 11.3 Å². The minimum absolute atomic E-state index is 0.207. The zero-order chi connectivity index (χ0) is 13.5. The first kappa shape index (κ1) is 14.7. The highest BCUT2D eigenvalue weighted by Gasteiger charge is 2.15. The van der Waals surface area contributed by atoms with E-state index in [0.29, 0.717) is 29.8 Å². The van der Waals surface area contributed by atoms with Crippen LogP contribution in [-0.2, 0) is 4.74 Å². The first-order valence-corrected chi connectivity index (χ1v) is 6.75. The van der Waals surface area contributed by atoms with E-state index in [4.69, 9.17) is 10.5 Å². The van der Waals surface area contributed by atoms with Gasteiger partial charge in [-0.1, -0.05) is 11.3 Å². The molecule has 0 aliphatic carbocycles. The van der Waals surface area contributed by atoms with Crippen molar-refractivity contribution in [1.82, 2.24) is 10.3 Å². The average molecular weight is 272 g/mol. The van der Waals surface area contributed by atoms with E-state index >= 15 is 0 Å². The van der Waals surface area contributed by atoms with Crippen molar-refractivity contribution in [3.8, 4) is 0 Å². The zero-order valence-electron chi connectivity index (χ0n) is 10.9. The summed E-state index contributed by atoms with van der Waals surface area (Å²) in [7, 11) is 0. The topological polar surface area (TPSA) is 89.3 Å². The third kappa shape index (κ3) is 4.50. The van der Waals surface area contributed by atoms with Gasteiger partial charge in [0.1, 0.15) is 10.7 Å². The zero-order valence-corrected chi connectivity index (χ0v) is 11.8. The summed E-state index contributed by atoms with van der Waals surface area (Å²) < 4.78 is 5.14. The molecule has 0 fully saturated rings. The Kier molecular flexibility index (Phi) is 5.87. The van der Waals surface area contributed by atoms with Crippen molar-refractivity contribution in [2.75, 3.05) is 30.8 Å². The van der Waals surface area contributed by atoms with Crippen LogP contribution in [0.1, 0.15) is 30.4 Å². The molecule has 18 heavy (non-hydrogen) atoms. The SMILES string of the molecule is CCOCCNC(=O)c1sc(NC(C)C)nc1N. The van der Waals surface area contributed by atoms with E-state index in [2.05, 4.69) is 15.6 Å². The lowest BCUT2D eigenvalue weighted by Crippen LogP contribution is -2.27. The van der Waals surface area contributed by atoms with Crippen molar-refractivity contribution in [1.29, 1.82) is 0 Å². The largest absolute Gasteiger partial charge is 0.382 e. The number of rotatable bonds is 7. The number of anilines is 2. The fourth-order valence-electron chi connectivity index (χ4n) is 1.26. The van der Waals surface area contributed by atoms with Crippen LogP contribution in [0.5, 0.6) is 0 Å². The van der Waals surface area contributed by atoms with Gasteiger partial charge in [0.05, 0.1) is 6.61 Å². The lowest BCUT2D eigenvalue weighted by molar-refractivity contribution is 0.0927. The van der Waals surface area contributed by atoms with Gasteiger partial charge in [0, 0.05) is 19.2 Å². The van der Waals surface area contributed by atoms with Crippen LogP contribution in [-0.4, -0.2) is 36.7 Å². The smallest absolute Gasteiger partial charge is 0.265 e. The van der Waals surface area contributed by atoms with Crippen molar-refractivity contribution >= 4 is 28.2 Å². The second-order valence-electron chi connectivity index (χ2n) is 3.99. The highest BCUT2D eigenvalue weighted by atomic mass is 32.1. The Morgan fingerprint density at radius 3 is 2.89 bits per heavy atom. The molecule has 1 rings (SSSR count). The number of nitrogens with one attached hydrogen (secondary N) is 2. The molecule has 0 aliphatic rings. The summed E-state index contributed by atoms with van der Waals surface area (Å²) in [5.74, 6) is 0.0542. The van der Waals surface area contributed by atoms with Crippen LogP contribution in [0.3, 0.4) is 0 Å². The van der Waals surface area contributed by atoms with Gasteiger partial charge in [-0.25, -0.2) is 4.98 Å². The Morgan fingerprint density at radius 2 is 2.28 bits per heavy atom.